The molecule has 2 amide bonds. The van der Waals surface area contributed by atoms with E-state index in [-0.39, 0.29) is 45.9 Å². The summed E-state index contributed by atoms with van der Waals surface area (Å²) in [5, 5.41) is 5.74. The van der Waals surface area contributed by atoms with E-state index in [0.717, 1.165) is 12.1 Å². The zero-order valence-corrected chi connectivity index (χ0v) is 23.0. The number of nitrogens with one attached hydrogen (secondary N) is 2. The van der Waals surface area contributed by atoms with Crippen LogP contribution in [-0.4, -0.2) is 27.1 Å². The lowest BCUT2D eigenvalue weighted by atomic mass is 9.96. The van der Waals surface area contributed by atoms with Crippen molar-refractivity contribution in [1.82, 2.24) is 14.9 Å². The molecule has 0 saturated carbocycles. The number of aromatic nitrogens is 2. The minimum absolute atomic E-state index is 0.0222. The summed E-state index contributed by atoms with van der Waals surface area (Å²) < 4.78 is 29.7. The van der Waals surface area contributed by atoms with E-state index in [0.29, 0.717) is 17.0 Å². The topological polar surface area (TPSA) is 93.1 Å². The highest BCUT2D eigenvalue weighted by molar-refractivity contribution is 6.31. The zero-order chi connectivity index (χ0) is 29.0. The summed E-state index contributed by atoms with van der Waals surface area (Å²) >= 11 is 12.3. The molecule has 0 fully saturated rings. The van der Waals surface area contributed by atoms with Gasteiger partial charge in [-0.2, -0.15) is 0 Å². The molecule has 0 aliphatic carbocycles. The molecule has 2 aromatic heterocycles. The third kappa shape index (κ3) is 6.73. The summed E-state index contributed by atoms with van der Waals surface area (Å²) in [5.41, 5.74) is 1.46. The van der Waals surface area contributed by atoms with Crippen molar-refractivity contribution < 1.29 is 23.2 Å². The molecule has 0 aliphatic heterocycles. The molecule has 0 saturated heterocycles. The van der Waals surface area contributed by atoms with E-state index in [1.165, 1.54) is 41.8 Å². The lowest BCUT2D eigenvalue weighted by Gasteiger charge is -2.20. The van der Waals surface area contributed by atoms with E-state index < -0.39 is 29.4 Å². The van der Waals surface area contributed by atoms with Gasteiger partial charge in [-0.15, -0.1) is 0 Å². The maximum absolute atomic E-state index is 14.2. The first-order chi connectivity index (χ1) is 19.0. The van der Waals surface area contributed by atoms with Crippen LogP contribution < -0.4 is 10.6 Å². The van der Waals surface area contributed by atoms with E-state index in [1.807, 2.05) is 0 Å². The van der Waals surface area contributed by atoms with E-state index >= 15 is 0 Å². The molecule has 40 heavy (non-hydrogen) atoms. The molecule has 1 atom stereocenters. The molecule has 0 aliphatic rings. The number of carbonyl (C=O) groups is 3. The van der Waals surface area contributed by atoms with E-state index in [1.54, 1.807) is 31.3 Å². The SMILES string of the molecule is CC(=O)Cn1c(C(=O)NCc2ccccn2)cc(NC(=O)c2cc(F)cc(Cl)c2)c1[C@H](C)c1cc(F)ccc1Cl. The largest absolute Gasteiger partial charge is 0.345 e. The first-order valence-electron chi connectivity index (χ1n) is 12.2. The van der Waals surface area contributed by atoms with Gasteiger partial charge in [-0.05, 0) is 67.1 Å². The highest BCUT2D eigenvalue weighted by atomic mass is 35.5. The van der Waals surface area contributed by atoms with Crippen LogP contribution in [0.2, 0.25) is 10.0 Å². The molecule has 0 spiro atoms. The summed E-state index contributed by atoms with van der Waals surface area (Å²) in [7, 11) is 0. The summed E-state index contributed by atoms with van der Waals surface area (Å²) in [5.74, 6) is -3.46. The van der Waals surface area contributed by atoms with Gasteiger partial charge in [-0.3, -0.25) is 19.4 Å². The average molecular weight is 585 g/mol. The van der Waals surface area contributed by atoms with Gasteiger partial charge in [-0.1, -0.05) is 36.2 Å². The second kappa shape index (κ2) is 12.4. The van der Waals surface area contributed by atoms with Crippen LogP contribution in [0.25, 0.3) is 0 Å². The van der Waals surface area contributed by atoms with Gasteiger partial charge in [0, 0.05) is 33.4 Å². The van der Waals surface area contributed by atoms with E-state index in [4.69, 9.17) is 23.2 Å². The molecule has 2 aromatic carbocycles. The van der Waals surface area contributed by atoms with Crippen molar-refractivity contribution in [3.05, 3.63) is 117 Å². The molecular weight excluding hydrogens is 561 g/mol. The van der Waals surface area contributed by atoms with Gasteiger partial charge in [0.05, 0.1) is 24.5 Å². The summed E-state index contributed by atoms with van der Waals surface area (Å²) in [6.45, 7) is 2.94. The van der Waals surface area contributed by atoms with Gasteiger partial charge in [0.15, 0.2) is 0 Å². The molecule has 0 radical (unpaired) electrons. The first-order valence-corrected chi connectivity index (χ1v) is 12.9. The summed E-state index contributed by atoms with van der Waals surface area (Å²) in [4.78, 5) is 43.1. The molecule has 2 N–H and O–H groups in total. The van der Waals surface area contributed by atoms with Crippen LogP contribution in [0.4, 0.5) is 14.5 Å². The number of ketones is 1. The smallest absolute Gasteiger partial charge is 0.268 e. The Morgan fingerprint density at radius 3 is 2.42 bits per heavy atom. The van der Waals surface area contributed by atoms with Crippen molar-refractivity contribution in [2.24, 2.45) is 0 Å². The van der Waals surface area contributed by atoms with Crippen molar-refractivity contribution >= 4 is 46.5 Å². The van der Waals surface area contributed by atoms with Crippen molar-refractivity contribution in [2.45, 2.75) is 32.9 Å². The van der Waals surface area contributed by atoms with Gasteiger partial charge < -0.3 is 15.2 Å². The summed E-state index contributed by atoms with van der Waals surface area (Å²) in [6, 6.07) is 13.9. The Kier molecular flexibility index (Phi) is 8.96. The van der Waals surface area contributed by atoms with Gasteiger partial charge in [0.1, 0.15) is 23.1 Å². The van der Waals surface area contributed by atoms with Crippen LogP contribution in [0.3, 0.4) is 0 Å². The molecule has 2 heterocycles. The third-order valence-electron chi connectivity index (χ3n) is 6.12. The van der Waals surface area contributed by atoms with Gasteiger partial charge >= 0.3 is 0 Å². The zero-order valence-electron chi connectivity index (χ0n) is 21.5. The van der Waals surface area contributed by atoms with Crippen LogP contribution in [-0.2, 0) is 17.9 Å². The highest BCUT2D eigenvalue weighted by Gasteiger charge is 2.28. The molecule has 7 nitrogen and oxygen atoms in total. The predicted molar refractivity (Wildman–Crippen MR) is 149 cm³/mol. The Labute approximate surface area is 239 Å². The van der Waals surface area contributed by atoms with Crippen molar-refractivity contribution in [3.8, 4) is 0 Å². The second-order valence-corrected chi connectivity index (χ2v) is 9.96. The number of anilines is 1. The number of carbonyl (C=O) groups excluding carboxylic acids is 3. The Balaban J connectivity index is 1.82. The van der Waals surface area contributed by atoms with Crippen LogP contribution in [0.1, 0.15) is 57.6 Å². The number of pyridine rings is 1. The molecule has 4 aromatic rings. The van der Waals surface area contributed by atoms with E-state index in [9.17, 15) is 23.2 Å². The molecular formula is C29H24Cl2F2N4O3. The normalized spacial score (nSPS) is 11.7. The number of rotatable bonds is 9. The van der Waals surface area contributed by atoms with Crippen LogP contribution in [0, 0.1) is 11.6 Å². The number of hydrogen-bond acceptors (Lipinski definition) is 4. The number of halogens is 4. The lowest BCUT2D eigenvalue weighted by Crippen LogP contribution is -2.27. The highest BCUT2D eigenvalue weighted by Crippen LogP contribution is 2.37. The van der Waals surface area contributed by atoms with Crippen molar-refractivity contribution in [3.63, 3.8) is 0 Å². The number of benzene rings is 2. The Morgan fingerprint density at radius 2 is 1.75 bits per heavy atom. The van der Waals surface area contributed by atoms with Crippen LogP contribution in [0.5, 0.6) is 0 Å². The minimum Gasteiger partial charge on any atom is -0.345 e. The standard InChI is InChI=1S/C29H24Cl2F2N4O3/c1-16(38)15-37-26(29(40)35-14-22-5-3-4-8-34-22)13-25(36-28(39)18-9-19(30)11-21(33)10-18)27(37)17(2)23-12-20(32)6-7-24(23)31/h3-13,17H,14-15H2,1-2H3,(H,35,40)(H,36,39)/t17-/m1/s1. The molecule has 0 bridgehead atoms. The Hall–Kier alpha value is -4.08. The average Bonchev–Trinajstić information content (AvgIpc) is 3.25. The summed E-state index contributed by atoms with van der Waals surface area (Å²) in [6.07, 6.45) is 1.59. The van der Waals surface area contributed by atoms with E-state index in [2.05, 4.69) is 15.6 Å². The van der Waals surface area contributed by atoms with Crippen LogP contribution >= 0.6 is 23.2 Å². The van der Waals surface area contributed by atoms with Crippen LogP contribution in [0.15, 0.2) is 66.9 Å². The number of Topliss-reactive ketones (excluding diaryl/α,β-unsaturated/α-hetero) is 1. The second-order valence-electron chi connectivity index (χ2n) is 9.12. The maximum Gasteiger partial charge on any atom is 0.268 e. The van der Waals surface area contributed by atoms with Gasteiger partial charge in [0.25, 0.3) is 11.8 Å². The Bertz CT molecular complexity index is 1570. The van der Waals surface area contributed by atoms with Gasteiger partial charge in [-0.25, -0.2) is 8.78 Å². The molecule has 11 heteroatoms. The van der Waals surface area contributed by atoms with Crippen molar-refractivity contribution in [2.75, 3.05) is 5.32 Å². The number of nitrogens with zero attached hydrogens (tertiary/aromatic N) is 2. The number of amides is 2. The first kappa shape index (κ1) is 28.9. The third-order valence-corrected chi connectivity index (χ3v) is 6.68. The number of hydrogen-bond donors (Lipinski definition) is 2. The quantitative estimate of drug-likeness (QED) is 0.238. The molecule has 0 unspecified atom stereocenters. The lowest BCUT2D eigenvalue weighted by molar-refractivity contribution is -0.117. The molecule has 206 valence electrons. The fourth-order valence-electron chi connectivity index (χ4n) is 4.35. The maximum atomic E-state index is 14.2. The monoisotopic (exact) mass is 584 g/mol. The molecule has 4 rings (SSSR count). The Morgan fingerprint density at radius 1 is 0.975 bits per heavy atom. The predicted octanol–water partition coefficient (Wildman–Crippen LogP) is 6.39. The minimum atomic E-state index is -0.708. The van der Waals surface area contributed by atoms with Gasteiger partial charge in [0.2, 0.25) is 0 Å². The van der Waals surface area contributed by atoms with Crippen molar-refractivity contribution in [1.29, 1.82) is 0 Å². The fraction of sp³-hybridized carbons (Fsp3) is 0.172. The fourth-order valence-corrected chi connectivity index (χ4v) is 4.85.